The number of nitrogens with one attached hydrogen (secondary N) is 2. The average molecular weight is 366 g/mol. The van der Waals surface area contributed by atoms with Crippen LogP contribution in [-0.4, -0.2) is 49.7 Å². The SMILES string of the molecule is COC(=O)C1(C)CCCN1c1nc(Nc2cc(C#N)[nH]n2)n2cccc2n1. The van der Waals surface area contributed by atoms with E-state index in [2.05, 4.69) is 25.5 Å². The van der Waals surface area contributed by atoms with Gasteiger partial charge in [0.05, 0.1) is 7.11 Å². The van der Waals surface area contributed by atoms with E-state index in [1.54, 1.807) is 10.5 Å². The number of rotatable bonds is 4. The molecule has 4 rings (SSSR count). The first-order chi connectivity index (χ1) is 13.0. The maximum Gasteiger partial charge on any atom is 0.331 e. The van der Waals surface area contributed by atoms with Gasteiger partial charge in [0.2, 0.25) is 11.9 Å². The first kappa shape index (κ1) is 16.8. The highest BCUT2D eigenvalue weighted by Gasteiger charge is 2.45. The number of carbonyl (C=O) groups excluding carboxylic acids is 1. The summed E-state index contributed by atoms with van der Waals surface area (Å²) in [6.45, 7) is 2.50. The number of nitrogens with zero attached hydrogens (tertiary/aromatic N) is 6. The van der Waals surface area contributed by atoms with Gasteiger partial charge in [0.1, 0.15) is 22.9 Å². The Balaban J connectivity index is 1.76. The molecule has 1 atom stereocenters. The Labute approximate surface area is 154 Å². The van der Waals surface area contributed by atoms with E-state index >= 15 is 0 Å². The molecule has 1 aliphatic rings. The van der Waals surface area contributed by atoms with Crippen LogP contribution in [-0.2, 0) is 9.53 Å². The van der Waals surface area contributed by atoms with Crippen molar-refractivity contribution in [3.05, 3.63) is 30.1 Å². The number of aromatic amines is 1. The molecule has 0 bridgehead atoms. The number of nitriles is 1. The maximum atomic E-state index is 12.4. The molecule has 3 aromatic rings. The second-order valence-corrected chi connectivity index (χ2v) is 6.51. The van der Waals surface area contributed by atoms with Gasteiger partial charge in [-0.05, 0) is 31.9 Å². The van der Waals surface area contributed by atoms with E-state index in [0.29, 0.717) is 42.0 Å². The molecule has 2 N–H and O–H groups in total. The highest BCUT2D eigenvalue weighted by atomic mass is 16.5. The van der Waals surface area contributed by atoms with Crippen molar-refractivity contribution in [2.45, 2.75) is 25.3 Å². The van der Waals surface area contributed by atoms with Crippen LogP contribution < -0.4 is 10.2 Å². The Hall–Kier alpha value is -3.61. The van der Waals surface area contributed by atoms with Gasteiger partial charge < -0.3 is 15.0 Å². The summed E-state index contributed by atoms with van der Waals surface area (Å²) in [5.41, 5.74) is 0.211. The quantitative estimate of drug-likeness (QED) is 0.667. The minimum absolute atomic E-state index is 0.306. The Morgan fingerprint density at radius 3 is 3.07 bits per heavy atom. The summed E-state index contributed by atoms with van der Waals surface area (Å²) >= 11 is 0. The standard InChI is InChI=1S/C17H18N8O2/c1-17(14(26)27-2)6-4-8-25(17)16-20-13-5-3-7-24(13)15(21-16)19-12-9-11(10-18)22-23-12/h3,5,7,9H,4,6,8H2,1-2H3,(H2,19,20,21,22,23). The number of hydrogen-bond acceptors (Lipinski definition) is 8. The van der Waals surface area contributed by atoms with E-state index in [0.717, 1.165) is 6.42 Å². The van der Waals surface area contributed by atoms with E-state index in [1.165, 1.54) is 7.11 Å². The third kappa shape index (κ3) is 2.73. The van der Waals surface area contributed by atoms with Crippen molar-refractivity contribution >= 4 is 29.3 Å². The van der Waals surface area contributed by atoms with Crippen LogP contribution >= 0.6 is 0 Å². The number of carbonyl (C=O) groups is 1. The minimum Gasteiger partial charge on any atom is -0.467 e. The van der Waals surface area contributed by atoms with Crippen LogP contribution in [0.2, 0.25) is 0 Å². The molecule has 0 radical (unpaired) electrons. The summed E-state index contributed by atoms with van der Waals surface area (Å²) in [5.74, 6) is 1.07. The molecule has 4 heterocycles. The number of aromatic nitrogens is 5. The summed E-state index contributed by atoms with van der Waals surface area (Å²) in [4.78, 5) is 23.5. The lowest BCUT2D eigenvalue weighted by atomic mass is 9.99. The number of esters is 1. The molecule has 3 aromatic heterocycles. The summed E-state index contributed by atoms with van der Waals surface area (Å²) in [5, 5.41) is 18.7. The highest BCUT2D eigenvalue weighted by Crippen LogP contribution is 2.34. The molecule has 10 nitrogen and oxygen atoms in total. The lowest BCUT2D eigenvalue weighted by molar-refractivity contribution is -0.146. The van der Waals surface area contributed by atoms with Gasteiger partial charge in [-0.1, -0.05) is 0 Å². The zero-order valence-electron chi connectivity index (χ0n) is 14.9. The summed E-state index contributed by atoms with van der Waals surface area (Å²) < 4.78 is 6.77. The Morgan fingerprint density at radius 2 is 2.33 bits per heavy atom. The van der Waals surface area contributed by atoms with Gasteiger partial charge in [0.15, 0.2) is 5.82 Å². The lowest BCUT2D eigenvalue weighted by Gasteiger charge is -2.32. The predicted octanol–water partition coefficient (Wildman–Crippen LogP) is 1.60. The largest absolute Gasteiger partial charge is 0.467 e. The zero-order chi connectivity index (χ0) is 19.0. The van der Waals surface area contributed by atoms with Crippen molar-refractivity contribution < 1.29 is 9.53 Å². The molecule has 0 saturated carbocycles. The van der Waals surface area contributed by atoms with Crippen molar-refractivity contribution in [1.82, 2.24) is 24.6 Å². The third-order valence-corrected chi connectivity index (χ3v) is 4.82. The minimum atomic E-state index is -0.808. The van der Waals surface area contributed by atoms with Crippen LogP contribution in [0.1, 0.15) is 25.5 Å². The van der Waals surface area contributed by atoms with Gasteiger partial charge >= 0.3 is 5.97 Å². The summed E-state index contributed by atoms with van der Waals surface area (Å²) in [7, 11) is 1.39. The molecular formula is C17H18N8O2. The fourth-order valence-electron chi connectivity index (χ4n) is 3.40. The molecule has 27 heavy (non-hydrogen) atoms. The molecule has 10 heteroatoms. The van der Waals surface area contributed by atoms with Crippen LogP contribution in [0.15, 0.2) is 24.4 Å². The highest BCUT2D eigenvalue weighted by molar-refractivity contribution is 5.85. The van der Waals surface area contributed by atoms with Gasteiger partial charge in [-0.25, -0.2) is 4.79 Å². The van der Waals surface area contributed by atoms with Crippen molar-refractivity contribution in [3.63, 3.8) is 0 Å². The maximum absolute atomic E-state index is 12.4. The normalized spacial score (nSPS) is 19.2. The topological polar surface area (TPSA) is 124 Å². The van der Waals surface area contributed by atoms with E-state index in [-0.39, 0.29) is 5.97 Å². The smallest absolute Gasteiger partial charge is 0.331 e. The molecule has 1 saturated heterocycles. The molecule has 0 aliphatic carbocycles. The fraction of sp³-hybridized carbons (Fsp3) is 0.353. The van der Waals surface area contributed by atoms with Crippen molar-refractivity contribution in [3.8, 4) is 6.07 Å². The molecule has 0 aromatic carbocycles. The van der Waals surface area contributed by atoms with Crippen molar-refractivity contribution in [1.29, 1.82) is 5.26 Å². The predicted molar refractivity (Wildman–Crippen MR) is 96.6 cm³/mol. The fourth-order valence-corrected chi connectivity index (χ4v) is 3.40. The number of fused-ring (bicyclic) bond motifs is 1. The Bertz CT molecular complexity index is 1050. The first-order valence-electron chi connectivity index (χ1n) is 8.49. The van der Waals surface area contributed by atoms with Crippen molar-refractivity contribution in [2.75, 3.05) is 23.9 Å². The molecule has 0 spiro atoms. The van der Waals surface area contributed by atoms with Gasteiger partial charge in [-0.2, -0.15) is 20.3 Å². The average Bonchev–Trinajstić information content (AvgIpc) is 3.40. The van der Waals surface area contributed by atoms with Gasteiger partial charge in [0.25, 0.3) is 0 Å². The van der Waals surface area contributed by atoms with E-state index < -0.39 is 5.54 Å². The van der Waals surface area contributed by atoms with Crippen LogP contribution in [0.25, 0.3) is 5.65 Å². The Kier molecular flexibility index (Phi) is 3.92. The van der Waals surface area contributed by atoms with Gasteiger partial charge in [0, 0.05) is 18.8 Å². The monoisotopic (exact) mass is 366 g/mol. The summed E-state index contributed by atoms with van der Waals surface area (Å²) in [6, 6.07) is 7.29. The zero-order valence-corrected chi connectivity index (χ0v) is 14.9. The van der Waals surface area contributed by atoms with Crippen molar-refractivity contribution in [2.24, 2.45) is 0 Å². The Morgan fingerprint density at radius 1 is 1.48 bits per heavy atom. The molecule has 0 amide bonds. The number of ether oxygens (including phenoxy) is 1. The molecule has 1 aliphatic heterocycles. The van der Waals surface area contributed by atoms with Crippen LogP contribution in [0.5, 0.6) is 0 Å². The summed E-state index contributed by atoms with van der Waals surface area (Å²) in [6.07, 6.45) is 3.33. The molecular weight excluding hydrogens is 348 g/mol. The third-order valence-electron chi connectivity index (χ3n) is 4.82. The molecule has 138 valence electrons. The van der Waals surface area contributed by atoms with Crippen LogP contribution in [0, 0.1) is 11.3 Å². The second-order valence-electron chi connectivity index (χ2n) is 6.51. The first-order valence-corrected chi connectivity index (χ1v) is 8.49. The molecule has 1 unspecified atom stereocenters. The van der Waals surface area contributed by atoms with E-state index in [1.807, 2.05) is 36.2 Å². The van der Waals surface area contributed by atoms with E-state index in [9.17, 15) is 4.79 Å². The molecule has 1 fully saturated rings. The number of anilines is 3. The van der Waals surface area contributed by atoms with Crippen LogP contribution in [0.4, 0.5) is 17.7 Å². The second kappa shape index (κ2) is 6.28. The lowest BCUT2D eigenvalue weighted by Crippen LogP contribution is -2.49. The van der Waals surface area contributed by atoms with Gasteiger partial charge in [-0.3, -0.25) is 9.50 Å². The van der Waals surface area contributed by atoms with Crippen LogP contribution in [0.3, 0.4) is 0 Å². The number of hydrogen-bond donors (Lipinski definition) is 2. The number of methoxy groups -OCH3 is 1. The van der Waals surface area contributed by atoms with E-state index in [4.69, 9.17) is 10.00 Å². The number of H-pyrrole nitrogens is 1. The van der Waals surface area contributed by atoms with Gasteiger partial charge in [-0.15, -0.1) is 0 Å².